The van der Waals surface area contributed by atoms with Crippen molar-refractivity contribution in [2.75, 3.05) is 4.90 Å². The summed E-state index contributed by atoms with van der Waals surface area (Å²) in [6.45, 7) is 4.75. The van der Waals surface area contributed by atoms with E-state index in [2.05, 4.69) is 231 Å². The number of thiophene rings is 1. The molecule has 1 nitrogen and oxygen atoms in total. The molecule has 1 aliphatic carbocycles. The smallest absolute Gasteiger partial charge is 0.181 e. The highest BCUT2D eigenvalue weighted by Gasteiger charge is 2.50. The first-order chi connectivity index (χ1) is 29.5. The number of hydrogen-bond donors (Lipinski definition) is 0. The summed E-state index contributed by atoms with van der Waals surface area (Å²) in [5, 5.41) is 8.41. The topological polar surface area (TPSA) is 3.24 Å². The van der Waals surface area contributed by atoms with Crippen LogP contribution >= 0.6 is 11.3 Å². The zero-order chi connectivity index (χ0) is 40.0. The van der Waals surface area contributed by atoms with Gasteiger partial charge in [-0.1, -0.05) is 184 Å². The van der Waals surface area contributed by atoms with E-state index < -0.39 is 8.07 Å². The van der Waals surface area contributed by atoms with Crippen molar-refractivity contribution >= 4 is 77.4 Å². The van der Waals surface area contributed by atoms with Crippen LogP contribution in [0.25, 0.3) is 53.6 Å². The van der Waals surface area contributed by atoms with E-state index in [0.717, 1.165) is 11.4 Å². The van der Waals surface area contributed by atoms with Gasteiger partial charge in [0.25, 0.3) is 0 Å². The van der Waals surface area contributed by atoms with Gasteiger partial charge in [-0.2, -0.15) is 0 Å². The molecule has 60 heavy (non-hydrogen) atoms. The number of anilines is 3. The molecule has 2 heterocycles. The molecule has 0 unspecified atom stereocenters. The number of fused-ring (bicyclic) bond motifs is 10. The molecule has 1 aliphatic heterocycles. The molecule has 9 aromatic carbocycles. The largest absolute Gasteiger partial charge is 0.310 e. The van der Waals surface area contributed by atoms with Crippen LogP contribution in [0.1, 0.15) is 25.0 Å². The molecule has 1 aromatic heterocycles. The highest BCUT2D eigenvalue weighted by Crippen LogP contribution is 2.51. The van der Waals surface area contributed by atoms with E-state index in [1.807, 2.05) is 11.3 Å². The minimum atomic E-state index is -2.83. The molecule has 0 atom stereocenters. The van der Waals surface area contributed by atoms with Gasteiger partial charge in [0.2, 0.25) is 0 Å². The number of hydrogen-bond acceptors (Lipinski definition) is 2. The molecule has 0 saturated heterocycles. The summed E-state index contributed by atoms with van der Waals surface area (Å²) in [6.07, 6.45) is 0. The van der Waals surface area contributed by atoms with Crippen LogP contribution in [0.15, 0.2) is 212 Å². The number of nitrogens with zero attached hydrogens (tertiary/aromatic N) is 1. The van der Waals surface area contributed by atoms with Crippen molar-refractivity contribution in [2.45, 2.75) is 19.3 Å². The van der Waals surface area contributed by atoms with Gasteiger partial charge in [0.05, 0.1) is 0 Å². The highest BCUT2D eigenvalue weighted by molar-refractivity contribution is 7.28. The SMILES string of the molecule is CC1(C)c2ccccc2-c2ccc(N(c3ccc(-c4ccccc4)cc3)c3ccc4c(c3)[Si](c3ccccc3)(c3ccccc3)c3ccc5c(sc6ccccc65)c3-4)cc21. The third-order valence-electron chi connectivity index (χ3n) is 13.4. The molecule has 284 valence electrons. The zero-order valence-electron chi connectivity index (χ0n) is 33.6. The van der Waals surface area contributed by atoms with Gasteiger partial charge < -0.3 is 4.90 Å². The van der Waals surface area contributed by atoms with Gasteiger partial charge in [0.1, 0.15) is 0 Å². The quantitative estimate of drug-likeness (QED) is 0.151. The molecule has 10 aromatic rings. The first kappa shape index (κ1) is 35.2. The van der Waals surface area contributed by atoms with E-state index in [-0.39, 0.29) is 5.41 Å². The van der Waals surface area contributed by atoms with Crippen molar-refractivity contribution < 1.29 is 0 Å². The van der Waals surface area contributed by atoms with Crippen LogP contribution in [0.3, 0.4) is 0 Å². The maximum absolute atomic E-state index is 2.83. The van der Waals surface area contributed by atoms with Crippen molar-refractivity contribution in [3.8, 4) is 33.4 Å². The van der Waals surface area contributed by atoms with E-state index >= 15 is 0 Å². The lowest BCUT2D eigenvalue weighted by Gasteiger charge is -2.33. The van der Waals surface area contributed by atoms with Gasteiger partial charge in [0, 0.05) is 42.6 Å². The van der Waals surface area contributed by atoms with Crippen molar-refractivity contribution in [3.05, 3.63) is 223 Å². The number of benzene rings is 9. The maximum atomic E-state index is 2.57. The van der Waals surface area contributed by atoms with E-state index in [9.17, 15) is 0 Å². The predicted molar refractivity (Wildman–Crippen MR) is 260 cm³/mol. The average molecular weight is 800 g/mol. The van der Waals surface area contributed by atoms with E-state index in [1.165, 1.54) is 91.1 Å². The van der Waals surface area contributed by atoms with E-state index in [4.69, 9.17) is 0 Å². The molecule has 0 fully saturated rings. The Hall–Kier alpha value is -6.78. The third-order valence-corrected chi connectivity index (χ3v) is 19.4. The monoisotopic (exact) mass is 799 g/mol. The lowest BCUT2D eigenvalue weighted by atomic mass is 9.82. The summed E-state index contributed by atoms with van der Waals surface area (Å²) in [5.74, 6) is 0. The normalized spacial score (nSPS) is 14.1. The van der Waals surface area contributed by atoms with Gasteiger partial charge in [-0.3, -0.25) is 0 Å². The van der Waals surface area contributed by atoms with Crippen LogP contribution in [-0.2, 0) is 5.41 Å². The Morgan fingerprint density at radius 1 is 0.417 bits per heavy atom. The summed E-state index contributed by atoms with van der Waals surface area (Å²) < 4.78 is 2.72. The van der Waals surface area contributed by atoms with Crippen LogP contribution in [0.2, 0.25) is 0 Å². The standard InChI is InChI=1S/C57H41NSSi/c1-57(2)50-24-14-12-22-45(50)46-32-30-41(36-51(46)57)58(40-28-26-39(27-29-40)38-16-6-3-7-17-38)42-31-33-49-54(37-42)60(43-18-8-4-9-19-43,44-20-10-5-11-21-44)53-35-34-48-47-23-13-15-25-52(47)59-56(48)55(49)53/h3-37H,1-2H3. The van der Waals surface area contributed by atoms with Crippen molar-refractivity contribution in [1.29, 1.82) is 0 Å². The van der Waals surface area contributed by atoms with Crippen molar-refractivity contribution in [3.63, 3.8) is 0 Å². The highest BCUT2D eigenvalue weighted by atomic mass is 32.1. The van der Waals surface area contributed by atoms with Gasteiger partial charge in [0.15, 0.2) is 8.07 Å². The Labute approximate surface area is 356 Å². The first-order valence-electron chi connectivity index (χ1n) is 20.9. The third kappa shape index (κ3) is 5.03. The molecule has 3 heteroatoms. The Morgan fingerprint density at radius 2 is 0.983 bits per heavy atom. The molecule has 0 bridgehead atoms. The fourth-order valence-electron chi connectivity index (χ4n) is 10.6. The molecule has 2 aliphatic rings. The van der Waals surface area contributed by atoms with Gasteiger partial charge in [-0.05, 0) is 108 Å². The first-order valence-corrected chi connectivity index (χ1v) is 23.7. The second-order valence-corrected chi connectivity index (χ2v) is 21.6. The summed E-state index contributed by atoms with van der Waals surface area (Å²) >= 11 is 1.94. The molecule has 0 spiro atoms. The average Bonchev–Trinajstić information content (AvgIpc) is 3.91. The molecule has 0 radical (unpaired) electrons. The Kier molecular flexibility index (Phi) is 7.84. The maximum Gasteiger partial charge on any atom is 0.181 e. The molecule has 12 rings (SSSR count). The molecular weight excluding hydrogens is 759 g/mol. The lowest BCUT2D eigenvalue weighted by Crippen LogP contribution is -2.72. The van der Waals surface area contributed by atoms with E-state index in [1.54, 1.807) is 0 Å². The Morgan fingerprint density at radius 3 is 1.72 bits per heavy atom. The lowest BCUT2D eigenvalue weighted by molar-refractivity contribution is 0.660. The Balaban J connectivity index is 1.13. The zero-order valence-corrected chi connectivity index (χ0v) is 35.4. The number of rotatable bonds is 6. The minimum Gasteiger partial charge on any atom is -0.310 e. The summed E-state index contributed by atoms with van der Waals surface area (Å²) in [5.41, 5.74) is 14.0. The van der Waals surface area contributed by atoms with Crippen LogP contribution < -0.4 is 25.6 Å². The summed E-state index contributed by atoms with van der Waals surface area (Å²) in [7, 11) is -2.83. The van der Waals surface area contributed by atoms with Crippen LogP contribution in [-0.4, -0.2) is 8.07 Å². The van der Waals surface area contributed by atoms with Crippen LogP contribution in [0.4, 0.5) is 17.1 Å². The second-order valence-electron chi connectivity index (χ2n) is 16.8. The van der Waals surface area contributed by atoms with Gasteiger partial charge in [-0.15, -0.1) is 11.3 Å². The molecule has 0 N–H and O–H groups in total. The summed E-state index contributed by atoms with van der Waals surface area (Å²) in [6, 6.07) is 80.0. The predicted octanol–water partition coefficient (Wildman–Crippen LogP) is 12.9. The summed E-state index contributed by atoms with van der Waals surface area (Å²) in [4.78, 5) is 2.50. The van der Waals surface area contributed by atoms with E-state index in [0.29, 0.717) is 0 Å². The van der Waals surface area contributed by atoms with Gasteiger partial charge >= 0.3 is 0 Å². The Bertz CT molecular complexity index is 3240. The van der Waals surface area contributed by atoms with Crippen molar-refractivity contribution in [2.24, 2.45) is 0 Å². The van der Waals surface area contributed by atoms with Gasteiger partial charge in [-0.25, -0.2) is 0 Å². The van der Waals surface area contributed by atoms with Crippen molar-refractivity contribution in [1.82, 2.24) is 0 Å². The second kappa shape index (κ2) is 13.4. The molecule has 0 saturated carbocycles. The molecule has 0 amide bonds. The van der Waals surface area contributed by atoms with Crippen LogP contribution in [0, 0.1) is 0 Å². The fraction of sp³-hybridized carbons (Fsp3) is 0.0526. The minimum absolute atomic E-state index is 0.122. The fourth-order valence-corrected chi connectivity index (χ4v) is 17.1. The van der Waals surface area contributed by atoms with Crippen LogP contribution in [0.5, 0.6) is 0 Å². The molecular formula is C57H41NSSi.